The Morgan fingerprint density at radius 2 is 1.92 bits per heavy atom. The minimum absolute atomic E-state index is 0.256. The second-order valence-electron chi connectivity index (χ2n) is 2.55. The second kappa shape index (κ2) is 3.13. The van der Waals surface area contributed by atoms with Crippen LogP contribution in [0.2, 0.25) is 0 Å². The number of azo groups is 1. The van der Waals surface area contributed by atoms with Crippen LogP contribution in [0, 0.1) is 0 Å². The lowest BCUT2D eigenvalue weighted by molar-refractivity contribution is -0.00406. The van der Waals surface area contributed by atoms with Gasteiger partial charge in [0.15, 0.2) is 0 Å². The zero-order valence-electron chi connectivity index (χ0n) is 6.75. The summed E-state index contributed by atoms with van der Waals surface area (Å²) in [5.41, 5.74) is 10.3. The van der Waals surface area contributed by atoms with E-state index in [4.69, 9.17) is 5.53 Å². The molecule has 0 N–H and O–H groups in total. The topological polar surface area (TPSA) is 61.1 Å². The molecule has 1 aromatic carbocycles. The molecule has 0 atom stereocenters. The van der Waals surface area contributed by atoms with Crippen LogP contribution >= 0.6 is 0 Å². The van der Waals surface area contributed by atoms with Gasteiger partial charge in [0.25, 0.3) is 0 Å². The van der Waals surface area contributed by atoms with E-state index in [1.165, 1.54) is 0 Å². The van der Waals surface area contributed by atoms with Crippen LogP contribution in [0.5, 0.6) is 0 Å². The van der Waals surface area contributed by atoms with E-state index in [1.807, 2.05) is 30.3 Å². The zero-order valence-corrected chi connectivity index (χ0v) is 6.75. The van der Waals surface area contributed by atoms with Crippen LogP contribution in [0.1, 0.15) is 5.56 Å². The molecular formula is C9H6N4. The summed E-state index contributed by atoms with van der Waals surface area (Å²) >= 11 is 0. The quantitative estimate of drug-likeness (QED) is 0.458. The molecule has 0 bridgehead atoms. The molecule has 62 valence electrons. The Morgan fingerprint density at radius 1 is 1.15 bits per heavy atom. The Bertz CT molecular complexity index is 424. The Balaban J connectivity index is 2.46. The molecule has 4 nitrogen and oxygen atoms in total. The maximum Gasteiger partial charge on any atom is 0.435 e. The minimum Gasteiger partial charge on any atom is -0.497 e. The van der Waals surface area contributed by atoms with Crippen molar-refractivity contribution in [2.75, 3.05) is 0 Å². The van der Waals surface area contributed by atoms with Gasteiger partial charge in [-0.2, -0.15) is 0 Å². The summed E-state index contributed by atoms with van der Waals surface area (Å²) in [6.45, 7) is 0. The maximum atomic E-state index is 8.59. The number of amidine groups is 1. The predicted octanol–water partition coefficient (Wildman–Crippen LogP) is 2.12. The summed E-state index contributed by atoms with van der Waals surface area (Å²) in [6.07, 6.45) is 1.57. The van der Waals surface area contributed by atoms with Crippen molar-refractivity contribution in [1.29, 1.82) is 0 Å². The van der Waals surface area contributed by atoms with Crippen molar-refractivity contribution in [3.05, 3.63) is 47.6 Å². The number of hydrogen-bond donors (Lipinski definition) is 0. The molecule has 4 heteroatoms. The van der Waals surface area contributed by atoms with Gasteiger partial charge in [-0.25, -0.2) is 0 Å². The van der Waals surface area contributed by atoms with Crippen LogP contribution in [0.25, 0.3) is 11.1 Å². The van der Waals surface area contributed by atoms with Gasteiger partial charge in [-0.15, -0.1) is 0 Å². The van der Waals surface area contributed by atoms with Gasteiger partial charge >= 0.3 is 5.84 Å². The van der Waals surface area contributed by atoms with Crippen LogP contribution in [0.4, 0.5) is 0 Å². The first-order chi connectivity index (χ1) is 6.42. The number of hydrogen-bond acceptors (Lipinski definition) is 1. The normalized spacial score (nSPS) is 14.2. The Labute approximate surface area is 74.9 Å². The summed E-state index contributed by atoms with van der Waals surface area (Å²) in [7, 11) is 0. The molecule has 13 heavy (non-hydrogen) atoms. The lowest BCUT2D eigenvalue weighted by Gasteiger charge is -1.93. The lowest BCUT2D eigenvalue weighted by atomic mass is 10.1. The van der Waals surface area contributed by atoms with Crippen molar-refractivity contribution in [2.45, 2.75) is 0 Å². The molecular weight excluding hydrogens is 164 g/mol. The van der Waals surface area contributed by atoms with Crippen molar-refractivity contribution in [2.24, 2.45) is 10.2 Å². The number of rotatable bonds is 1. The number of nitrogens with zero attached hydrogens (tertiary/aromatic N) is 4. The molecule has 1 aliphatic rings. The fourth-order valence-electron chi connectivity index (χ4n) is 1.15. The van der Waals surface area contributed by atoms with Crippen molar-refractivity contribution in [3.63, 3.8) is 0 Å². The van der Waals surface area contributed by atoms with Crippen molar-refractivity contribution in [1.82, 2.24) is 0 Å². The SMILES string of the molecule is [N-]=[N+]=C1N=NC=C1c1ccccc1. The van der Waals surface area contributed by atoms with Crippen LogP contribution in [-0.2, 0) is 0 Å². The molecule has 0 aromatic heterocycles. The monoisotopic (exact) mass is 170 g/mol. The van der Waals surface area contributed by atoms with E-state index >= 15 is 0 Å². The molecule has 0 spiro atoms. The van der Waals surface area contributed by atoms with E-state index in [1.54, 1.807) is 6.20 Å². The first-order valence-electron chi connectivity index (χ1n) is 3.80. The first kappa shape index (κ1) is 7.58. The molecule has 0 saturated heterocycles. The van der Waals surface area contributed by atoms with Gasteiger partial charge in [0.05, 0.1) is 11.3 Å². The van der Waals surface area contributed by atoms with Gasteiger partial charge in [-0.05, 0) is 10.7 Å². The molecule has 0 aliphatic carbocycles. The van der Waals surface area contributed by atoms with Gasteiger partial charge in [0, 0.05) is 0 Å². The summed E-state index contributed by atoms with van der Waals surface area (Å²) in [6, 6.07) is 9.55. The standard InChI is InChI=1S/C9H6N4/c10-12-9-8(6-11-13-9)7-4-2-1-3-5-7/h1-6H. The first-order valence-corrected chi connectivity index (χ1v) is 3.80. The molecule has 0 amide bonds. The highest BCUT2D eigenvalue weighted by Crippen LogP contribution is 2.19. The van der Waals surface area contributed by atoms with Crippen molar-refractivity contribution < 1.29 is 4.79 Å². The highest BCUT2D eigenvalue weighted by Gasteiger charge is 2.22. The summed E-state index contributed by atoms with van der Waals surface area (Å²) in [4.78, 5) is 3.03. The molecule has 2 rings (SSSR count). The third-order valence-electron chi connectivity index (χ3n) is 1.76. The van der Waals surface area contributed by atoms with E-state index in [0.29, 0.717) is 0 Å². The second-order valence-corrected chi connectivity index (χ2v) is 2.55. The Hall–Kier alpha value is -2.06. The molecule has 0 fully saturated rings. The average Bonchev–Trinajstić information content (AvgIpc) is 2.67. The van der Waals surface area contributed by atoms with Crippen LogP contribution in [0.3, 0.4) is 0 Å². The molecule has 1 aliphatic heterocycles. The van der Waals surface area contributed by atoms with E-state index in [2.05, 4.69) is 15.0 Å². The van der Waals surface area contributed by atoms with Crippen molar-refractivity contribution in [3.8, 4) is 0 Å². The van der Waals surface area contributed by atoms with Gasteiger partial charge in [-0.3, -0.25) is 0 Å². The predicted molar refractivity (Wildman–Crippen MR) is 47.9 cm³/mol. The van der Waals surface area contributed by atoms with Gasteiger partial charge < -0.3 is 10.3 Å². The third kappa shape index (κ3) is 1.30. The van der Waals surface area contributed by atoms with E-state index in [9.17, 15) is 0 Å². The smallest absolute Gasteiger partial charge is 0.435 e. The van der Waals surface area contributed by atoms with Crippen molar-refractivity contribution >= 4 is 11.4 Å². The number of benzene rings is 1. The van der Waals surface area contributed by atoms with Crippen LogP contribution in [-0.4, -0.2) is 10.6 Å². The Kier molecular flexibility index (Phi) is 1.82. The summed E-state index contributed by atoms with van der Waals surface area (Å²) < 4.78 is 0. The molecule has 0 saturated carbocycles. The maximum absolute atomic E-state index is 8.59. The highest BCUT2D eigenvalue weighted by atomic mass is 15.2. The Morgan fingerprint density at radius 3 is 2.62 bits per heavy atom. The molecule has 0 unspecified atom stereocenters. The average molecular weight is 170 g/mol. The molecule has 1 heterocycles. The van der Waals surface area contributed by atoms with Gasteiger partial charge in [-0.1, -0.05) is 30.3 Å². The van der Waals surface area contributed by atoms with E-state index < -0.39 is 0 Å². The molecule has 1 aromatic rings. The fraction of sp³-hybridized carbons (Fsp3) is 0. The largest absolute Gasteiger partial charge is 0.497 e. The zero-order chi connectivity index (χ0) is 9.10. The minimum atomic E-state index is 0.256. The highest BCUT2D eigenvalue weighted by molar-refractivity contribution is 6.21. The lowest BCUT2D eigenvalue weighted by Crippen LogP contribution is -1.95. The summed E-state index contributed by atoms with van der Waals surface area (Å²) in [5.74, 6) is 0.256. The molecule has 0 radical (unpaired) electrons. The fourth-order valence-corrected chi connectivity index (χ4v) is 1.15. The van der Waals surface area contributed by atoms with E-state index in [-0.39, 0.29) is 5.84 Å². The van der Waals surface area contributed by atoms with Gasteiger partial charge in [0.2, 0.25) is 0 Å². The van der Waals surface area contributed by atoms with E-state index in [0.717, 1.165) is 11.1 Å². The van der Waals surface area contributed by atoms with Crippen LogP contribution in [0.15, 0.2) is 46.8 Å². The third-order valence-corrected chi connectivity index (χ3v) is 1.76. The summed E-state index contributed by atoms with van der Waals surface area (Å²) in [5, 5.41) is 7.31. The van der Waals surface area contributed by atoms with Crippen LogP contribution < -0.4 is 0 Å². The van der Waals surface area contributed by atoms with Gasteiger partial charge in [0.1, 0.15) is 5.57 Å².